The number of amides is 1. The van der Waals surface area contributed by atoms with Crippen LogP contribution in [0.4, 0.5) is 5.69 Å². The van der Waals surface area contributed by atoms with Crippen molar-refractivity contribution in [3.8, 4) is 0 Å². The van der Waals surface area contributed by atoms with E-state index in [2.05, 4.69) is 10.6 Å². The molecule has 0 aromatic heterocycles. The number of nitrogens with one attached hydrogen (secondary N) is 2. The molecule has 0 aliphatic carbocycles. The highest BCUT2D eigenvalue weighted by atomic mass is 35.5. The summed E-state index contributed by atoms with van der Waals surface area (Å²) in [5, 5.41) is 6.98. The van der Waals surface area contributed by atoms with Crippen molar-refractivity contribution in [2.75, 3.05) is 18.5 Å². The van der Waals surface area contributed by atoms with Crippen LogP contribution in [0.3, 0.4) is 0 Å². The van der Waals surface area contributed by atoms with Crippen LogP contribution in [0.5, 0.6) is 0 Å². The Morgan fingerprint density at radius 3 is 2.48 bits per heavy atom. The summed E-state index contributed by atoms with van der Waals surface area (Å²) in [4.78, 5) is 12.2. The van der Waals surface area contributed by atoms with Gasteiger partial charge < -0.3 is 15.4 Å². The molecule has 4 nitrogen and oxygen atoms in total. The maximum absolute atomic E-state index is 12.2. The third kappa shape index (κ3) is 2.74. The maximum atomic E-state index is 12.2. The number of fused-ring (bicyclic) bond motifs is 2. The number of ether oxygens (including phenoxy) is 1. The number of morpholine rings is 1. The van der Waals surface area contributed by atoms with Gasteiger partial charge in [0.1, 0.15) is 5.60 Å². The van der Waals surface area contributed by atoms with E-state index in [4.69, 9.17) is 16.3 Å². The quantitative estimate of drug-likeness (QED) is 0.910. The average molecular weight is 329 g/mol. The van der Waals surface area contributed by atoms with Crippen molar-refractivity contribution < 1.29 is 9.53 Å². The molecule has 5 heteroatoms. The summed E-state index contributed by atoms with van der Waals surface area (Å²) in [5.74, 6) is -0.146. The molecule has 2 bridgehead atoms. The first kappa shape index (κ1) is 14.7. The monoisotopic (exact) mass is 328 g/mol. The Kier molecular flexibility index (Phi) is 3.60. The lowest BCUT2D eigenvalue weighted by Crippen LogP contribution is -2.37. The molecule has 1 amide bonds. The van der Waals surface area contributed by atoms with Crippen molar-refractivity contribution in [2.45, 2.75) is 18.1 Å². The van der Waals surface area contributed by atoms with Gasteiger partial charge in [0.2, 0.25) is 0 Å². The number of carbonyl (C=O) groups excluding carboxylic acids is 1. The van der Waals surface area contributed by atoms with Crippen molar-refractivity contribution in [3.63, 3.8) is 0 Å². The lowest BCUT2D eigenvalue weighted by atomic mass is 9.93. The molecular formula is C18H17ClN2O2. The number of carbonyl (C=O) groups is 1. The zero-order valence-electron chi connectivity index (χ0n) is 12.5. The van der Waals surface area contributed by atoms with Crippen LogP contribution in [0.15, 0.2) is 48.5 Å². The molecule has 118 valence electrons. The Morgan fingerprint density at radius 2 is 1.91 bits per heavy atom. The van der Waals surface area contributed by atoms with Gasteiger partial charge in [0, 0.05) is 28.9 Å². The Balaban J connectivity index is 1.48. The van der Waals surface area contributed by atoms with Crippen LogP contribution in [0.1, 0.15) is 22.3 Å². The van der Waals surface area contributed by atoms with Crippen LogP contribution in [-0.4, -0.2) is 25.1 Å². The summed E-state index contributed by atoms with van der Waals surface area (Å²) < 4.78 is 5.96. The molecule has 2 aliphatic heterocycles. The third-order valence-corrected chi connectivity index (χ3v) is 4.84. The van der Waals surface area contributed by atoms with Gasteiger partial charge in [0.15, 0.2) is 0 Å². The van der Waals surface area contributed by atoms with Crippen molar-refractivity contribution in [1.29, 1.82) is 0 Å². The number of anilines is 1. The standard InChI is InChI=1S/C18H17ClN2O2/c19-14-5-1-12(2-6-14)17(22)21-15-7-3-13(4-8-15)18-9-16(10-23-18)20-11-18/h1-8,16,20H,9-11H2,(H,21,22). The Hall–Kier alpha value is -1.88. The van der Waals surface area contributed by atoms with Crippen LogP contribution in [-0.2, 0) is 10.3 Å². The zero-order chi connectivity index (χ0) is 15.9. The van der Waals surface area contributed by atoms with Crippen LogP contribution in [0, 0.1) is 0 Å². The number of hydrogen-bond donors (Lipinski definition) is 2. The largest absolute Gasteiger partial charge is 0.367 e. The normalized spacial score (nSPS) is 25.5. The molecule has 0 saturated carbocycles. The molecule has 0 radical (unpaired) electrons. The fraction of sp³-hybridized carbons (Fsp3) is 0.278. The predicted octanol–water partition coefficient (Wildman–Crippen LogP) is 3.18. The molecule has 2 aromatic rings. The Bertz CT molecular complexity index is 720. The van der Waals surface area contributed by atoms with Crippen LogP contribution < -0.4 is 10.6 Å². The minimum absolute atomic E-state index is 0.146. The molecular weight excluding hydrogens is 312 g/mol. The Labute approximate surface area is 139 Å². The predicted molar refractivity (Wildman–Crippen MR) is 89.9 cm³/mol. The highest BCUT2D eigenvalue weighted by Gasteiger charge is 2.47. The van der Waals surface area contributed by atoms with Gasteiger partial charge in [-0.05, 0) is 48.4 Å². The van der Waals surface area contributed by atoms with Crippen LogP contribution >= 0.6 is 11.6 Å². The number of hydrogen-bond acceptors (Lipinski definition) is 3. The molecule has 4 rings (SSSR count). The molecule has 23 heavy (non-hydrogen) atoms. The maximum Gasteiger partial charge on any atom is 0.255 e. The number of halogens is 1. The van der Waals surface area contributed by atoms with Crippen molar-refractivity contribution >= 4 is 23.2 Å². The summed E-state index contributed by atoms with van der Waals surface area (Å²) in [6, 6.07) is 15.2. The smallest absolute Gasteiger partial charge is 0.255 e. The molecule has 2 aliphatic rings. The van der Waals surface area contributed by atoms with E-state index >= 15 is 0 Å². The van der Waals surface area contributed by atoms with Gasteiger partial charge in [-0.15, -0.1) is 0 Å². The van der Waals surface area contributed by atoms with Gasteiger partial charge in [-0.2, -0.15) is 0 Å². The highest BCUT2D eigenvalue weighted by Crippen LogP contribution is 2.40. The topological polar surface area (TPSA) is 50.4 Å². The van der Waals surface area contributed by atoms with Gasteiger partial charge in [0.25, 0.3) is 5.91 Å². The molecule has 0 spiro atoms. The second kappa shape index (κ2) is 5.64. The van der Waals surface area contributed by atoms with E-state index in [1.54, 1.807) is 24.3 Å². The van der Waals surface area contributed by atoms with E-state index in [9.17, 15) is 4.79 Å². The van der Waals surface area contributed by atoms with Gasteiger partial charge in [-0.25, -0.2) is 0 Å². The Morgan fingerprint density at radius 1 is 1.17 bits per heavy atom. The third-order valence-electron chi connectivity index (χ3n) is 4.59. The lowest BCUT2D eigenvalue weighted by Gasteiger charge is -2.27. The fourth-order valence-electron chi connectivity index (χ4n) is 3.30. The van der Waals surface area contributed by atoms with E-state index in [0.717, 1.165) is 30.8 Å². The number of rotatable bonds is 3. The molecule has 2 unspecified atom stereocenters. The number of benzene rings is 2. The van der Waals surface area contributed by atoms with E-state index in [0.29, 0.717) is 16.6 Å². The lowest BCUT2D eigenvalue weighted by molar-refractivity contribution is -0.00957. The van der Waals surface area contributed by atoms with E-state index in [-0.39, 0.29) is 11.5 Å². The minimum atomic E-state index is -0.191. The van der Waals surface area contributed by atoms with E-state index in [1.165, 1.54) is 0 Å². The summed E-state index contributed by atoms with van der Waals surface area (Å²) in [7, 11) is 0. The second-order valence-corrected chi connectivity index (χ2v) is 6.56. The van der Waals surface area contributed by atoms with Crippen molar-refractivity contribution in [1.82, 2.24) is 5.32 Å². The molecule has 2 saturated heterocycles. The second-order valence-electron chi connectivity index (χ2n) is 6.13. The molecule has 2 aromatic carbocycles. The highest BCUT2D eigenvalue weighted by molar-refractivity contribution is 6.30. The van der Waals surface area contributed by atoms with Crippen molar-refractivity contribution in [3.05, 3.63) is 64.7 Å². The summed E-state index contributed by atoms with van der Waals surface area (Å²) in [6.45, 7) is 1.63. The summed E-state index contributed by atoms with van der Waals surface area (Å²) in [6.07, 6.45) is 1.02. The van der Waals surface area contributed by atoms with Gasteiger partial charge in [0.05, 0.1) is 6.61 Å². The van der Waals surface area contributed by atoms with Gasteiger partial charge >= 0.3 is 0 Å². The molecule has 2 N–H and O–H groups in total. The minimum Gasteiger partial charge on any atom is -0.367 e. The van der Waals surface area contributed by atoms with E-state index in [1.807, 2.05) is 24.3 Å². The van der Waals surface area contributed by atoms with Crippen LogP contribution in [0.2, 0.25) is 5.02 Å². The first-order valence-corrected chi connectivity index (χ1v) is 8.07. The van der Waals surface area contributed by atoms with Gasteiger partial charge in [-0.1, -0.05) is 23.7 Å². The van der Waals surface area contributed by atoms with E-state index < -0.39 is 0 Å². The average Bonchev–Trinajstić information content (AvgIpc) is 3.18. The zero-order valence-corrected chi connectivity index (χ0v) is 13.3. The molecule has 2 fully saturated rings. The first-order chi connectivity index (χ1) is 11.1. The van der Waals surface area contributed by atoms with Crippen LogP contribution in [0.25, 0.3) is 0 Å². The summed E-state index contributed by atoms with van der Waals surface area (Å²) >= 11 is 5.84. The van der Waals surface area contributed by atoms with Crippen molar-refractivity contribution in [2.24, 2.45) is 0 Å². The molecule has 2 heterocycles. The molecule has 2 atom stereocenters. The summed E-state index contributed by atoms with van der Waals surface area (Å²) in [5.41, 5.74) is 2.32. The first-order valence-electron chi connectivity index (χ1n) is 7.69. The van der Waals surface area contributed by atoms with Gasteiger partial charge in [-0.3, -0.25) is 4.79 Å². The fourth-order valence-corrected chi connectivity index (χ4v) is 3.43. The SMILES string of the molecule is O=C(Nc1ccc(C23CNC(CO2)C3)cc1)c1ccc(Cl)cc1.